The summed E-state index contributed by atoms with van der Waals surface area (Å²) in [6.07, 6.45) is 5.28. The van der Waals surface area contributed by atoms with Gasteiger partial charge in [0, 0.05) is 13.0 Å². The second-order valence-corrected chi connectivity index (χ2v) is 4.57. The van der Waals surface area contributed by atoms with E-state index in [1.54, 1.807) is 0 Å². The SMILES string of the molecule is OCC1CCCc2nnc(C3CCCO3)n21. The third-order valence-corrected chi connectivity index (χ3v) is 3.52. The van der Waals surface area contributed by atoms with E-state index in [2.05, 4.69) is 14.8 Å². The molecule has 0 aliphatic carbocycles. The van der Waals surface area contributed by atoms with Gasteiger partial charge in [-0.3, -0.25) is 0 Å². The van der Waals surface area contributed by atoms with E-state index >= 15 is 0 Å². The first-order valence-corrected chi connectivity index (χ1v) is 6.06. The molecule has 0 aromatic carbocycles. The molecule has 0 bridgehead atoms. The molecular weight excluding hydrogens is 206 g/mol. The number of hydrogen-bond acceptors (Lipinski definition) is 4. The summed E-state index contributed by atoms with van der Waals surface area (Å²) < 4.78 is 7.76. The van der Waals surface area contributed by atoms with Crippen molar-refractivity contribution >= 4 is 0 Å². The zero-order valence-electron chi connectivity index (χ0n) is 9.30. The zero-order valence-corrected chi connectivity index (χ0v) is 9.30. The number of rotatable bonds is 2. The first-order chi connectivity index (χ1) is 7.90. The van der Waals surface area contributed by atoms with Crippen LogP contribution >= 0.6 is 0 Å². The van der Waals surface area contributed by atoms with Crippen LogP contribution in [0.1, 0.15) is 49.5 Å². The third-order valence-electron chi connectivity index (χ3n) is 3.52. The third kappa shape index (κ3) is 1.55. The van der Waals surface area contributed by atoms with E-state index in [9.17, 15) is 5.11 Å². The second kappa shape index (κ2) is 4.14. The zero-order chi connectivity index (χ0) is 11.0. The molecule has 2 atom stereocenters. The number of aromatic nitrogens is 3. The van der Waals surface area contributed by atoms with Gasteiger partial charge in [0.1, 0.15) is 11.9 Å². The molecule has 2 unspecified atom stereocenters. The average Bonchev–Trinajstić information content (AvgIpc) is 2.96. The van der Waals surface area contributed by atoms with Gasteiger partial charge < -0.3 is 14.4 Å². The summed E-state index contributed by atoms with van der Waals surface area (Å²) in [5, 5.41) is 17.9. The lowest BCUT2D eigenvalue weighted by Gasteiger charge is -2.25. The molecule has 0 amide bonds. The molecule has 0 saturated carbocycles. The number of aryl methyl sites for hydroxylation is 1. The maximum absolute atomic E-state index is 9.41. The lowest BCUT2D eigenvalue weighted by Crippen LogP contribution is -2.24. The Morgan fingerprint density at radius 3 is 3.00 bits per heavy atom. The number of nitrogens with zero attached hydrogens (tertiary/aromatic N) is 3. The quantitative estimate of drug-likeness (QED) is 0.812. The van der Waals surface area contributed by atoms with E-state index < -0.39 is 0 Å². The molecule has 0 spiro atoms. The Morgan fingerprint density at radius 2 is 2.25 bits per heavy atom. The van der Waals surface area contributed by atoms with Crippen LogP contribution in [-0.4, -0.2) is 33.1 Å². The smallest absolute Gasteiger partial charge is 0.162 e. The average molecular weight is 223 g/mol. The fourth-order valence-electron chi connectivity index (χ4n) is 2.70. The van der Waals surface area contributed by atoms with Crippen LogP contribution in [0.15, 0.2) is 0 Å². The number of fused-ring (bicyclic) bond motifs is 1. The molecular formula is C11H17N3O2. The van der Waals surface area contributed by atoms with Crippen molar-refractivity contribution in [2.45, 2.75) is 44.2 Å². The van der Waals surface area contributed by atoms with Gasteiger partial charge in [-0.25, -0.2) is 0 Å². The normalized spacial score (nSPS) is 29.3. The lowest BCUT2D eigenvalue weighted by atomic mass is 10.0. The molecule has 3 heterocycles. The van der Waals surface area contributed by atoms with E-state index in [-0.39, 0.29) is 18.8 Å². The minimum absolute atomic E-state index is 0.0911. The van der Waals surface area contributed by atoms with Crippen LogP contribution < -0.4 is 0 Å². The van der Waals surface area contributed by atoms with Gasteiger partial charge in [0.25, 0.3) is 0 Å². The van der Waals surface area contributed by atoms with Gasteiger partial charge in [0.05, 0.1) is 12.6 Å². The van der Waals surface area contributed by atoms with Crippen molar-refractivity contribution in [2.75, 3.05) is 13.2 Å². The molecule has 1 N–H and O–H groups in total. The maximum Gasteiger partial charge on any atom is 0.162 e. The van der Waals surface area contributed by atoms with E-state index in [1.807, 2.05) is 0 Å². The molecule has 16 heavy (non-hydrogen) atoms. The molecule has 2 aliphatic heterocycles. The van der Waals surface area contributed by atoms with Gasteiger partial charge >= 0.3 is 0 Å². The summed E-state index contributed by atoms with van der Waals surface area (Å²) in [5.74, 6) is 1.93. The summed E-state index contributed by atoms with van der Waals surface area (Å²) in [7, 11) is 0. The molecule has 3 rings (SSSR count). The minimum Gasteiger partial charge on any atom is -0.394 e. The summed E-state index contributed by atoms with van der Waals surface area (Å²) in [5.41, 5.74) is 0. The fourth-order valence-corrected chi connectivity index (χ4v) is 2.70. The van der Waals surface area contributed by atoms with Gasteiger partial charge in [0.15, 0.2) is 5.82 Å². The first-order valence-electron chi connectivity index (χ1n) is 6.06. The van der Waals surface area contributed by atoms with E-state index in [0.717, 1.165) is 50.4 Å². The van der Waals surface area contributed by atoms with Gasteiger partial charge in [-0.2, -0.15) is 0 Å². The second-order valence-electron chi connectivity index (χ2n) is 4.57. The Balaban J connectivity index is 1.96. The molecule has 1 aromatic rings. The Bertz CT molecular complexity index is 371. The van der Waals surface area contributed by atoms with Crippen molar-refractivity contribution < 1.29 is 9.84 Å². The van der Waals surface area contributed by atoms with Crippen molar-refractivity contribution in [2.24, 2.45) is 0 Å². The molecule has 0 radical (unpaired) electrons. The van der Waals surface area contributed by atoms with Crippen LogP contribution in [0.25, 0.3) is 0 Å². The highest BCUT2D eigenvalue weighted by atomic mass is 16.5. The monoisotopic (exact) mass is 223 g/mol. The molecule has 1 saturated heterocycles. The predicted molar refractivity (Wildman–Crippen MR) is 57.0 cm³/mol. The van der Waals surface area contributed by atoms with Crippen molar-refractivity contribution in [3.8, 4) is 0 Å². The van der Waals surface area contributed by atoms with Crippen molar-refractivity contribution in [3.05, 3.63) is 11.6 Å². The van der Waals surface area contributed by atoms with Crippen LogP contribution in [0.2, 0.25) is 0 Å². The Kier molecular flexibility index (Phi) is 2.65. The van der Waals surface area contributed by atoms with Gasteiger partial charge in [0.2, 0.25) is 0 Å². The Hall–Kier alpha value is -0.940. The highest BCUT2D eigenvalue weighted by Crippen LogP contribution is 2.32. The Labute approximate surface area is 94.4 Å². The van der Waals surface area contributed by atoms with Crippen molar-refractivity contribution in [1.29, 1.82) is 0 Å². The fraction of sp³-hybridized carbons (Fsp3) is 0.818. The molecule has 5 nitrogen and oxygen atoms in total. The summed E-state index contributed by atoms with van der Waals surface area (Å²) in [6.45, 7) is 0.988. The largest absolute Gasteiger partial charge is 0.394 e. The summed E-state index contributed by atoms with van der Waals surface area (Å²) in [6, 6.07) is 0.151. The van der Waals surface area contributed by atoms with Crippen LogP contribution in [-0.2, 0) is 11.2 Å². The molecule has 88 valence electrons. The topological polar surface area (TPSA) is 60.2 Å². The number of aliphatic hydroxyl groups is 1. The van der Waals surface area contributed by atoms with Crippen molar-refractivity contribution in [3.63, 3.8) is 0 Å². The van der Waals surface area contributed by atoms with E-state index in [4.69, 9.17) is 4.74 Å². The first kappa shape index (κ1) is 10.2. The van der Waals surface area contributed by atoms with Crippen LogP contribution in [0.5, 0.6) is 0 Å². The molecule has 1 aromatic heterocycles. The van der Waals surface area contributed by atoms with Crippen molar-refractivity contribution in [1.82, 2.24) is 14.8 Å². The van der Waals surface area contributed by atoms with Gasteiger partial charge in [-0.1, -0.05) is 0 Å². The number of ether oxygens (including phenoxy) is 1. The Morgan fingerprint density at radius 1 is 1.31 bits per heavy atom. The molecule has 5 heteroatoms. The van der Waals surface area contributed by atoms with Gasteiger partial charge in [-0.05, 0) is 25.7 Å². The standard InChI is InChI=1S/C11H17N3O2/c15-7-8-3-1-5-10-12-13-11(14(8)10)9-4-2-6-16-9/h8-9,15H,1-7H2. The highest BCUT2D eigenvalue weighted by Gasteiger charge is 2.30. The summed E-state index contributed by atoms with van der Waals surface area (Å²) >= 11 is 0. The predicted octanol–water partition coefficient (Wildman–Crippen LogP) is 0.999. The minimum atomic E-state index is 0.0911. The number of aliphatic hydroxyl groups excluding tert-OH is 1. The maximum atomic E-state index is 9.41. The molecule has 1 fully saturated rings. The van der Waals surface area contributed by atoms with Crippen LogP contribution in [0.4, 0.5) is 0 Å². The summed E-state index contributed by atoms with van der Waals surface area (Å²) in [4.78, 5) is 0. The molecule has 2 aliphatic rings. The lowest BCUT2D eigenvalue weighted by molar-refractivity contribution is 0.0956. The van der Waals surface area contributed by atoms with Gasteiger partial charge in [-0.15, -0.1) is 10.2 Å². The van der Waals surface area contributed by atoms with E-state index in [0.29, 0.717) is 0 Å². The highest BCUT2D eigenvalue weighted by molar-refractivity contribution is 5.05. The van der Waals surface area contributed by atoms with Crippen LogP contribution in [0.3, 0.4) is 0 Å². The van der Waals surface area contributed by atoms with Crippen LogP contribution in [0, 0.1) is 0 Å². The van der Waals surface area contributed by atoms with E-state index in [1.165, 1.54) is 0 Å². The number of hydrogen-bond donors (Lipinski definition) is 1.